The summed E-state index contributed by atoms with van der Waals surface area (Å²) in [6, 6.07) is 13.1. The molecular formula is C24H22N6O2. The molecule has 0 saturated carbocycles. The SMILES string of the molecule is Cc1ccccc1C(=O)Nc1n[nH]c2c1CCn1cc(C(=O)NCc3cccnc3)cc1-2. The molecule has 8 heteroatoms. The number of aromatic amines is 1. The molecular weight excluding hydrogens is 404 g/mol. The van der Waals surface area contributed by atoms with Crippen LogP contribution in [0.15, 0.2) is 61.1 Å². The minimum Gasteiger partial charge on any atom is -0.348 e. The van der Waals surface area contributed by atoms with Crippen LogP contribution in [0.2, 0.25) is 0 Å². The van der Waals surface area contributed by atoms with Crippen molar-refractivity contribution in [1.82, 2.24) is 25.1 Å². The maximum Gasteiger partial charge on any atom is 0.257 e. The Balaban J connectivity index is 1.34. The van der Waals surface area contributed by atoms with E-state index in [1.807, 2.05) is 54.1 Å². The predicted octanol–water partition coefficient (Wildman–Crippen LogP) is 3.32. The molecule has 0 unspecified atom stereocenters. The number of nitrogens with one attached hydrogen (secondary N) is 3. The van der Waals surface area contributed by atoms with Gasteiger partial charge in [-0.15, -0.1) is 0 Å². The minimum absolute atomic E-state index is 0.148. The molecule has 3 aromatic heterocycles. The van der Waals surface area contributed by atoms with Crippen molar-refractivity contribution in [3.05, 3.63) is 88.9 Å². The van der Waals surface area contributed by atoms with Gasteiger partial charge in [-0.1, -0.05) is 24.3 Å². The fourth-order valence-electron chi connectivity index (χ4n) is 3.98. The molecule has 5 rings (SSSR count). The molecule has 0 atom stereocenters. The van der Waals surface area contributed by atoms with Gasteiger partial charge in [0.1, 0.15) is 0 Å². The van der Waals surface area contributed by atoms with Gasteiger partial charge in [0, 0.05) is 42.8 Å². The van der Waals surface area contributed by atoms with Crippen LogP contribution >= 0.6 is 0 Å². The second-order valence-electron chi connectivity index (χ2n) is 7.80. The summed E-state index contributed by atoms with van der Waals surface area (Å²) in [4.78, 5) is 29.4. The summed E-state index contributed by atoms with van der Waals surface area (Å²) in [5, 5.41) is 13.2. The summed E-state index contributed by atoms with van der Waals surface area (Å²) < 4.78 is 2.03. The van der Waals surface area contributed by atoms with Crippen LogP contribution in [-0.2, 0) is 19.5 Å². The Hall–Kier alpha value is -4.20. The average molecular weight is 426 g/mol. The molecule has 8 nitrogen and oxygen atoms in total. The van der Waals surface area contributed by atoms with E-state index in [2.05, 4.69) is 25.8 Å². The number of fused-ring (bicyclic) bond motifs is 3. The van der Waals surface area contributed by atoms with Gasteiger partial charge in [0.05, 0.1) is 17.0 Å². The molecule has 0 radical (unpaired) electrons. The zero-order chi connectivity index (χ0) is 22.1. The number of benzene rings is 1. The topological polar surface area (TPSA) is 105 Å². The van der Waals surface area contributed by atoms with E-state index in [9.17, 15) is 9.59 Å². The van der Waals surface area contributed by atoms with Crippen molar-refractivity contribution >= 4 is 17.6 Å². The molecule has 1 aliphatic heterocycles. The number of nitrogens with zero attached hydrogens (tertiary/aromatic N) is 3. The van der Waals surface area contributed by atoms with Crippen molar-refractivity contribution in [3.63, 3.8) is 0 Å². The number of carbonyl (C=O) groups excluding carboxylic acids is 2. The third kappa shape index (κ3) is 3.66. The molecule has 3 N–H and O–H groups in total. The number of carbonyl (C=O) groups is 2. The Morgan fingerprint density at radius 2 is 2.03 bits per heavy atom. The van der Waals surface area contributed by atoms with Gasteiger partial charge in [0.15, 0.2) is 5.82 Å². The Morgan fingerprint density at radius 3 is 2.84 bits per heavy atom. The molecule has 1 aliphatic rings. The highest BCUT2D eigenvalue weighted by Crippen LogP contribution is 2.33. The van der Waals surface area contributed by atoms with Crippen LogP contribution in [0.3, 0.4) is 0 Å². The zero-order valence-corrected chi connectivity index (χ0v) is 17.6. The average Bonchev–Trinajstić information content (AvgIpc) is 3.42. The van der Waals surface area contributed by atoms with Crippen molar-refractivity contribution in [1.29, 1.82) is 0 Å². The van der Waals surface area contributed by atoms with E-state index in [1.54, 1.807) is 18.5 Å². The second kappa shape index (κ2) is 8.14. The first kappa shape index (κ1) is 19.7. The first-order valence-electron chi connectivity index (χ1n) is 10.4. The van der Waals surface area contributed by atoms with E-state index in [0.717, 1.165) is 28.1 Å². The van der Waals surface area contributed by atoms with E-state index in [4.69, 9.17) is 0 Å². The number of hydrogen-bond donors (Lipinski definition) is 3. The van der Waals surface area contributed by atoms with Crippen LogP contribution in [0, 0.1) is 6.92 Å². The van der Waals surface area contributed by atoms with Crippen molar-refractivity contribution < 1.29 is 9.59 Å². The smallest absolute Gasteiger partial charge is 0.257 e. The number of aryl methyl sites for hydroxylation is 2. The molecule has 160 valence electrons. The highest BCUT2D eigenvalue weighted by Gasteiger charge is 2.25. The molecule has 1 aromatic carbocycles. The predicted molar refractivity (Wildman–Crippen MR) is 120 cm³/mol. The summed E-state index contributed by atoms with van der Waals surface area (Å²) in [5.74, 6) is 0.196. The highest BCUT2D eigenvalue weighted by atomic mass is 16.2. The summed E-state index contributed by atoms with van der Waals surface area (Å²) in [7, 11) is 0. The van der Waals surface area contributed by atoms with E-state index in [1.165, 1.54) is 0 Å². The molecule has 0 fully saturated rings. The van der Waals surface area contributed by atoms with Crippen LogP contribution in [0.5, 0.6) is 0 Å². The molecule has 4 heterocycles. The normalized spacial score (nSPS) is 12.0. The van der Waals surface area contributed by atoms with Crippen molar-refractivity contribution in [2.45, 2.75) is 26.4 Å². The van der Waals surface area contributed by atoms with Gasteiger partial charge in [0.2, 0.25) is 0 Å². The molecule has 0 saturated heterocycles. The lowest BCUT2D eigenvalue weighted by atomic mass is 10.1. The van der Waals surface area contributed by atoms with Crippen LogP contribution < -0.4 is 10.6 Å². The maximum atomic E-state index is 12.7. The van der Waals surface area contributed by atoms with Crippen molar-refractivity contribution in [2.24, 2.45) is 0 Å². The standard InChI is InChI=1S/C24H22N6O2/c1-15-5-2-3-7-18(15)24(32)27-22-19-8-10-30-14-17(11-20(30)21(19)28-29-22)23(31)26-13-16-6-4-9-25-12-16/h2-7,9,11-12,14H,8,10,13H2,1H3,(H,26,31)(H2,27,28,29,32). The third-order valence-electron chi connectivity index (χ3n) is 5.68. The van der Waals surface area contributed by atoms with E-state index < -0.39 is 0 Å². The lowest BCUT2D eigenvalue weighted by Gasteiger charge is -2.16. The Kier molecular flexibility index (Phi) is 5.03. The summed E-state index contributed by atoms with van der Waals surface area (Å²) in [5.41, 5.74) is 5.69. The lowest BCUT2D eigenvalue weighted by Crippen LogP contribution is -2.22. The van der Waals surface area contributed by atoms with Crippen LogP contribution in [0.4, 0.5) is 5.82 Å². The molecule has 4 aromatic rings. The third-order valence-corrected chi connectivity index (χ3v) is 5.68. The molecule has 0 spiro atoms. The quantitative estimate of drug-likeness (QED) is 0.455. The largest absolute Gasteiger partial charge is 0.348 e. The van der Waals surface area contributed by atoms with Gasteiger partial charge in [-0.3, -0.25) is 19.7 Å². The summed E-state index contributed by atoms with van der Waals surface area (Å²) >= 11 is 0. The van der Waals surface area contributed by atoms with Gasteiger partial charge < -0.3 is 15.2 Å². The number of anilines is 1. The molecule has 0 bridgehead atoms. The van der Waals surface area contributed by atoms with Crippen molar-refractivity contribution in [3.8, 4) is 11.4 Å². The highest BCUT2D eigenvalue weighted by molar-refractivity contribution is 6.05. The molecule has 0 aliphatic carbocycles. The van der Waals surface area contributed by atoms with Crippen LogP contribution in [0.25, 0.3) is 11.4 Å². The Labute approximate surface area is 184 Å². The summed E-state index contributed by atoms with van der Waals surface area (Å²) in [6.07, 6.45) is 5.98. The lowest BCUT2D eigenvalue weighted by molar-refractivity contribution is 0.0950. The number of aromatic nitrogens is 4. The van der Waals surface area contributed by atoms with Gasteiger partial charge in [-0.25, -0.2) is 0 Å². The Morgan fingerprint density at radius 1 is 1.16 bits per heavy atom. The van der Waals surface area contributed by atoms with E-state index in [0.29, 0.717) is 36.5 Å². The zero-order valence-electron chi connectivity index (χ0n) is 17.6. The van der Waals surface area contributed by atoms with Gasteiger partial charge in [0.25, 0.3) is 11.8 Å². The number of rotatable bonds is 5. The van der Waals surface area contributed by atoms with Gasteiger partial charge in [-0.2, -0.15) is 5.10 Å². The number of pyridine rings is 1. The van der Waals surface area contributed by atoms with Gasteiger partial charge >= 0.3 is 0 Å². The first-order valence-corrected chi connectivity index (χ1v) is 10.4. The van der Waals surface area contributed by atoms with E-state index in [-0.39, 0.29) is 11.8 Å². The first-order chi connectivity index (χ1) is 15.6. The number of H-pyrrole nitrogens is 1. The Bertz CT molecular complexity index is 1310. The van der Waals surface area contributed by atoms with Crippen molar-refractivity contribution in [2.75, 3.05) is 5.32 Å². The molecule has 2 amide bonds. The monoisotopic (exact) mass is 426 g/mol. The number of hydrogen-bond acceptors (Lipinski definition) is 4. The second-order valence-corrected chi connectivity index (χ2v) is 7.80. The molecule has 32 heavy (non-hydrogen) atoms. The fourth-order valence-corrected chi connectivity index (χ4v) is 3.98. The summed E-state index contributed by atoms with van der Waals surface area (Å²) in [6.45, 7) is 3.02. The minimum atomic E-state index is -0.186. The van der Waals surface area contributed by atoms with Crippen LogP contribution in [-0.4, -0.2) is 31.6 Å². The fraction of sp³-hybridized carbons (Fsp3) is 0.167. The van der Waals surface area contributed by atoms with Gasteiger partial charge in [-0.05, 0) is 42.7 Å². The number of amides is 2. The maximum absolute atomic E-state index is 12.7. The van der Waals surface area contributed by atoms with Crippen LogP contribution in [0.1, 0.15) is 37.4 Å². The van der Waals surface area contributed by atoms with E-state index >= 15 is 0 Å².